The quantitative estimate of drug-likeness (QED) is 0.201. The Hall–Kier alpha value is -3.75. The Morgan fingerprint density at radius 2 is 1.38 bits per heavy atom. The molecule has 1 aromatic heterocycles. The van der Waals surface area contributed by atoms with Crippen molar-refractivity contribution in [2.75, 3.05) is 12.4 Å². The summed E-state index contributed by atoms with van der Waals surface area (Å²) in [7, 11) is 0. The van der Waals surface area contributed by atoms with Gasteiger partial charge in [0.15, 0.2) is 6.29 Å². The number of nitrogens with two attached hydrogens (primary N) is 1. The summed E-state index contributed by atoms with van der Waals surface area (Å²) in [4.78, 5) is 11.6. The smallest absolute Gasteiger partial charge is 0.168 e. The molecule has 2 heterocycles. The zero-order chi connectivity index (χ0) is 27.1. The molecule has 7 heteroatoms. The first-order valence-electron chi connectivity index (χ1n) is 13.1. The number of carbonyl (C=O) groups is 1. The van der Waals surface area contributed by atoms with Gasteiger partial charge in [0.1, 0.15) is 29.6 Å². The second kappa shape index (κ2) is 12.4. The zero-order valence-corrected chi connectivity index (χ0v) is 22.0. The number of ether oxygens (including phenoxy) is 4. The molecule has 0 bridgehead atoms. The van der Waals surface area contributed by atoms with Gasteiger partial charge >= 0.3 is 0 Å². The van der Waals surface area contributed by atoms with E-state index in [1.54, 1.807) is 12.1 Å². The Kier molecular flexibility index (Phi) is 8.54. The van der Waals surface area contributed by atoms with Crippen LogP contribution in [0.2, 0.25) is 0 Å². The fourth-order valence-electron chi connectivity index (χ4n) is 5.05. The van der Waals surface area contributed by atoms with Gasteiger partial charge in [0.2, 0.25) is 0 Å². The molecule has 1 aliphatic rings. The normalized spacial score (nSPS) is 22.6. The van der Waals surface area contributed by atoms with Gasteiger partial charge in [-0.1, -0.05) is 91.0 Å². The number of aldehydes is 1. The summed E-state index contributed by atoms with van der Waals surface area (Å²) in [6, 6.07) is 33.5. The van der Waals surface area contributed by atoms with Crippen molar-refractivity contribution in [1.29, 1.82) is 0 Å². The van der Waals surface area contributed by atoms with Crippen LogP contribution in [0.15, 0.2) is 103 Å². The molecule has 1 saturated heterocycles. The number of aromatic nitrogens is 1. The van der Waals surface area contributed by atoms with Crippen LogP contribution in [-0.4, -0.2) is 35.4 Å². The van der Waals surface area contributed by atoms with Gasteiger partial charge in [0.25, 0.3) is 0 Å². The largest absolute Gasteiger partial charge is 0.374 e. The highest BCUT2D eigenvalue weighted by molar-refractivity contribution is 5.72. The number of hydrogen-bond donors (Lipinski definition) is 1. The van der Waals surface area contributed by atoms with E-state index < -0.39 is 23.9 Å². The molecule has 0 spiro atoms. The van der Waals surface area contributed by atoms with Gasteiger partial charge in [-0.05, 0) is 35.7 Å². The SMILES string of the molecule is C[C@@]1(OCc2ccccc2)[C@H](OCc2ccccc2)[C@@H](COCc2ccccc2)O[C@H]1c1ccc(C=O)n1N. The van der Waals surface area contributed by atoms with Crippen molar-refractivity contribution in [2.24, 2.45) is 0 Å². The van der Waals surface area contributed by atoms with Gasteiger partial charge in [-0.25, -0.2) is 0 Å². The van der Waals surface area contributed by atoms with Gasteiger partial charge in [-0.3, -0.25) is 9.47 Å². The van der Waals surface area contributed by atoms with Crippen molar-refractivity contribution >= 4 is 6.29 Å². The summed E-state index contributed by atoms with van der Waals surface area (Å²) >= 11 is 0. The van der Waals surface area contributed by atoms with Crippen molar-refractivity contribution in [1.82, 2.24) is 4.68 Å². The molecule has 0 saturated carbocycles. The summed E-state index contributed by atoms with van der Waals surface area (Å²) in [5.74, 6) is 6.33. The molecule has 0 unspecified atom stereocenters. The van der Waals surface area contributed by atoms with Gasteiger partial charge < -0.3 is 24.8 Å². The average Bonchev–Trinajstić information content (AvgIpc) is 3.48. The van der Waals surface area contributed by atoms with Gasteiger partial charge in [0.05, 0.1) is 32.1 Å². The van der Waals surface area contributed by atoms with E-state index in [-0.39, 0.29) is 0 Å². The van der Waals surface area contributed by atoms with E-state index in [4.69, 9.17) is 24.8 Å². The summed E-state index contributed by atoms with van der Waals surface area (Å²) < 4.78 is 27.4. The molecule has 1 fully saturated rings. The van der Waals surface area contributed by atoms with Crippen LogP contribution in [0.4, 0.5) is 0 Å². The molecule has 0 aliphatic carbocycles. The van der Waals surface area contributed by atoms with E-state index >= 15 is 0 Å². The first kappa shape index (κ1) is 26.8. The van der Waals surface area contributed by atoms with Crippen molar-refractivity contribution in [3.8, 4) is 0 Å². The lowest BCUT2D eigenvalue weighted by Crippen LogP contribution is -2.47. The molecule has 1 aliphatic heterocycles. The van der Waals surface area contributed by atoms with E-state index in [2.05, 4.69) is 0 Å². The number of benzene rings is 3. The molecule has 0 radical (unpaired) electrons. The van der Waals surface area contributed by atoms with Crippen molar-refractivity contribution < 1.29 is 23.7 Å². The first-order chi connectivity index (χ1) is 19.1. The third-order valence-corrected chi connectivity index (χ3v) is 7.16. The van der Waals surface area contributed by atoms with E-state index in [9.17, 15) is 4.79 Å². The number of nitrogen functional groups attached to an aromatic ring is 1. The molecule has 2 N–H and O–H groups in total. The summed E-state index contributed by atoms with van der Waals surface area (Å²) in [5, 5.41) is 0. The van der Waals surface area contributed by atoms with Crippen LogP contribution in [0.5, 0.6) is 0 Å². The highest BCUT2D eigenvalue weighted by Crippen LogP contribution is 2.46. The standard InChI is InChI=1S/C32H34N2O5/c1-32(38-22-26-15-9-4-10-16-26)30(28-18-17-27(19-35)34(28)33)39-29(23-36-20-24-11-5-2-6-12-24)31(32)37-21-25-13-7-3-8-14-25/h2-19,29-31H,20-23,33H2,1H3/t29-,30+,31-,32+/m1/s1. The van der Waals surface area contributed by atoms with Crippen LogP contribution in [-0.2, 0) is 38.8 Å². The molecule has 3 aromatic carbocycles. The predicted molar refractivity (Wildman–Crippen MR) is 148 cm³/mol. The van der Waals surface area contributed by atoms with E-state index in [0.29, 0.717) is 37.8 Å². The average molecular weight is 527 g/mol. The van der Waals surface area contributed by atoms with Gasteiger partial charge in [-0.2, -0.15) is 0 Å². The van der Waals surface area contributed by atoms with Gasteiger partial charge in [-0.15, -0.1) is 0 Å². The molecule has 7 nitrogen and oxygen atoms in total. The molecule has 4 aromatic rings. The number of carbonyl (C=O) groups excluding carboxylic acids is 1. The Balaban J connectivity index is 1.44. The minimum absolute atomic E-state index is 0.293. The maximum Gasteiger partial charge on any atom is 0.168 e. The lowest BCUT2D eigenvalue weighted by molar-refractivity contribution is -0.148. The molecule has 0 amide bonds. The predicted octanol–water partition coefficient (Wildman–Crippen LogP) is 5.23. The lowest BCUT2D eigenvalue weighted by atomic mass is 9.90. The molecule has 39 heavy (non-hydrogen) atoms. The van der Waals surface area contributed by atoms with Crippen LogP contribution < -0.4 is 5.84 Å². The minimum atomic E-state index is -0.943. The van der Waals surface area contributed by atoms with E-state index in [1.807, 2.05) is 97.9 Å². The Morgan fingerprint density at radius 3 is 1.95 bits per heavy atom. The second-order valence-corrected chi connectivity index (χ2v) is 9.90. The van der Waals surface area contributed by atoms with Crippen molar-refractivity contribution in [2.45, 2.75) is 50.7 Å². The van der Waals surface area contributed by atoms with Crippen molar-refractivity contribution in [3.63, 3.8) is 0 Å². The highest BCUT2D eigenvalue weighted by Gasteiger charge is 2.57. The topological polar surface area (TPSA) is 84.9 Å². The fraction of sp³-hybridized carbons (Fsp3) is 0.281. The molecule has 4 atom stereocenters. The van der Waals surface area contributed by atoms with Crippen LogP contribution in [0.1, 0.15) is 45.9 Å². The summed E-state index contributed by atoms with van der Waals surface area (Å²) in [5.41, 5.74) is 3.18. The second-order valence-electron chi connectivity index (χ2n) is 9.90. The Labute approximate surface area is 229 Å². The zero-order valence-electron chi connectivity index (χ0n) is 22.0. The number of hydrogen-bond acceptors (Lipinski definition) is 6. The third-order valence-electron chi connectivity index (χ3n) is 7.16. The van der Waals surface area contributed by atoms with E-state index in [0.717, 1.165) is 23.0 Å². The molecular formula is C32H34N2O5. The fourth-order valence-corrected chi connectivity index (χ4v) is 5.05. The monoisotopic (exact) mass is 526 g/mol. The molecular weight excluding hydrogens is 492 g/mol. The van der Waals surface area contributed by atoms with Crippen LogP contribution >= 0.6 is 0 Å². The van der Waals surface area contributed by atoms with E-state index in [1.165, 1.54) is 4.68 Å². The first-order valence-corrected chi connectivity index (χ1v) is 13.1. The Morgan fingerprint density at radius 1 is 0.821 bits per heavy atom. The Bertz CT molecular complexity index is 1330. The summed E-state index contributed by atoms with van der Waals surface area (Å²) in [6.07, 6.45) is -0.815. The lowest BCUT2D eigenvalue weighted by Gasteiger charge is -2.35. The van der Waals surface area contributed by atoms with Crippen LogP contribution in [0.25, 0.3) is 0 Å². The molecule has 202 valence electrons. The minimum Gasteiger partial charge on any atom is -0.374 e. The van der Waals surface area contributed by atoms with Crippen LogP contribution in [0, 0.1) is 0 Å². The van der Waals surface area contributed by atoms with Gasteiger partial charge in [0, 0.05) is 0 Å². The summed E-state index contributed by atoms with van der Waals surface area (Å²) in [6.45, 7) is 3.46. The maximum atomic E-state index is 11.6. The van der Waals surface area contributed by atoms with Crippen molar-refractivity contribution in [3.05, 3.63) is 131 Å². The van der Waals surface area contributed by atoms with Crippen LogP contribution in [0.3, 0.4) is 0 Å². The number of rotatable bonds is 12. The number of nitrogens with zero attached hydrogens (tertiary/aromatic N) is 1. The molecule has 5 rings (SSSR count). The maximum absolute atomic E-state index is 11.6. The third kappa shape index (κ3) is 6.13. The highest BCUT2D eigenvalue weighted by atomic mass is 16.6.